The molecule has 6 aliphatic rings. The summed E-state index contributed by atoms with van der Waals surface area (Å²) < 4.78 is 18.1. The van der Waals surface area contributed by atoms with Gasteiger partial charge in [-0.25, -0.2) is 4.98 Å². The fraction of sp³-hybridized carbons (Fsp3) is 0.639. The van der Waals surface area contributed by atoms with E-state index >= 15 is 0 Å². The summed E-state index contributed by atoms with van der Waals surface area (Å²) in [6.07, 6.45) is 11.3. The van der Waals surface area contributed by atoms with Gasteiger partial charge in [0.05, 0.1) is 6.61 Å². The quantitative estimate of drug-likeness (QED) is 0.229. The number of rotatable bonds is 5. The lowest BCUT2D eigenvalue weighted by Crippen LogP contribution is -2.54. The third kappa shape index (κ3) is 4.64. The van der Waals surface area contributed by atoms with E-state index in [-0.39, 0.29) is 17.5 Å². The van der Waals surface area contributed by atoms with Crippen molar-refractivity contribution in [3.05, 3.63) is 46.6 Å². The molecule has 9 atom stereocenters. The number of aromatic nitrogens is 1. The first-order chi connectivity index (χ1) is 20.1. The first-order valence-corrected chi connectivity index (χ1v) is 16.3. The van der Waals surface area contributed by atoms with E-state index in [9.17, 15) is 9.59 Å². The van der Waals surface area contributed by atoms with Gasteiger partial charge in [0, 0.05) is 19.1 Å². The van der Waals surface area contributed by atoms with Gasteiger partial charge < -0.3 is 13.9 Å². The van der Waals surface area contributed by atoms with E-state index in [1.54, 1.807) is 13.0 Å². The average Bonchev–Trinajstić information content (AvgIpc) is 3.32. The van der Waals surface area contributed by atoms with Gasteiger partial charge in [-0.1, -0.05) is 20.8 Å². The Morgan fingerprint density at radius 2 is 1.81 bits per heavy atom. The lowest BCUT2D eigenvalue weighted by atomic mass is 9.44. The Morgan fingerprint density at radius 1 is 1.00 bits per heavy atom. The van der Waals surface area contributed by atoms with Gasteiger partial charge in [0.15, 0.2) is 16.8 Å². The second-order valence-electron chi connectivity index (χ2n) is 14.7. The Kier molecular flexibility index (Phi) is 6.90. The maximum atomic E-state index is 11.8. The molecule has 0 aromatic heterocycles. The molecule has 0 amide bonds. The summed E-state index contributed by atoms with van der Waals surface area (Å²) in [7, 11) is 0. The number of hydrogen-bond donors (Lipinski definition) is 0. The molecule has 0 N–H and O–H groups in total. The molecule has 224 valence electrons. The van der Waals surface area contributed by atoms with E-state index in [0.29, 0.717) is 52.2 Å². The molecule has 9 unspecified atom stereocenters. The molecule has 1 heterocycles. The van der Waals surface area contributed by atoms with Crippen molar-refractivity contribution in [3.63, 3.8) is 0 Å². The summed E-state index contributed by atoms with van der Waals surface area (Å²) in [5.74, 6) is 5.42. The van der Waals surface area contributed by atoms with Crippen LogP contribution in [0.3, 0.4) is 0 Å². The number of carbonyl (C=O) groups is 1. The highest BCUT2D eigenvalue weighted by atomic mass is 16.5. The molecule has 1 aromatic rings. The standard InChI is InChI=1S/C36H45NO5/c1-21(20-40-25-7-12-32-34(19-25)42-33-18-24(39)6-11-31(33)37-32)28-9-10-29-27-8-5-23-17-26(41-22(2)38)13-15-35(23,3)30(27)14-16-36(28,29)4/h6-7,11-12,18-19,21,23,26-30H,5,8-10,13-17,20H2,1-4H3. The summed E-state index contributed by atoms with van der Waals surface area (Å²) in [6.45, 7) is 9.81. The molecular weight excluding hydrogens is 526 g/mol. The van der Waals surface area contributed by atoms with E-state index in [0.717, 1.165) is 41.9 Å². The Labute approximate surface area is 248 Å². The SMILES string of the molecule is CC(=O)OC1CCC2(C)C(CCC3C2CCC2(C)C(C(C)COc4ccc5nc6ccc(=O)cc-6oc5c4)CCC32)C1. The van der Waals surface area contributed by atoms with E-state index in [4.69, 9.17) is 13.9 Å². The van der Waals surface area contributed by atoms with Crippen molar-refractivity contribution in [1.82, 2.24) is 4.98 Å². The second kappa shape index (κ2) is 10.4. The normalized spacial score (nSPS) is 36.6. The Hall–Kier alpha value is -2.89. The van der Waals surface area contributed by atoms with E-state index < -0.39 is 0 Å². The van der Waals surface area contributed by atoms with Crippen LogP contribution in [0.15, 0.2) is 45.6 Å². The van der Waals surface area contributed by atoms with Crippen LogP contribution in [0.1, 0.15) is 85.5 Å². The summed E-state index contributed by atoms with van der Waals surface area (Å²) in [4.78, 5) is 28.0. The molecule has 1 aromatic carbocycles. The lowest BCUT2D eigenvalue weighted by Gasteiger charge is -2.61. The van der Waals surface area contributed by atoms with Gasteiger partial charge in [-0.3, -0.25) is 9.59 Å². The van der Waals surface area contributed by atoms with Crippen molar-refractivity contribution >= 4 is 17.1 Å². The van der Waals surface area contributed by atoms with Crippen LogP contribution in [0, 0.1) is 46.3 Å². The molecule has 6 nitrogen and oxygen atoms in total. The summed E-state index contributed by atoms with van der Waals surface area (Å²) in [5.41, 5.74) is 2.76. The van der Waals surface area contributed by atoms with Crippen molar-refractivity contribution in [1.29, 1.82) is 0 Å². The highest BCUT2D eigenvalue weighted by molar-refractivity contribution is 5.77. The maximum Gasteiger partial charge on any atom is 0.302 e. The van der Waals surface area contributed by atoms with Crippen molar-refractivity contribution in [3.8, 4) is 17.2 Å². The van der Waals surface area contributed by atoms with Gasteiger partial charge in [0.25, 0.3) is 0 Å². The molecular formula is C36H45NO5. The first-order valence-electron chi connectivity index (χ1n) is 16.3. The van der Waals surface area contributed by atoms with Gasteiger partial charge in [0.2, 0.25) is 0 Å². The molecule has 4 fully saturated rings. The van der Waals surface area contributed by atoms with Crippen LogP contribution >= 0.6 is 0 Å². The Morgan fingerprint density at radius 3 is 2.64 bits per heavy atom. The summed E-state index contributed by atoms with van der Waals surface area (Å²) >= 11 is 0. The number of ether oxygens (including phenoxy) is 2. The molecule has 4 saturated carbocycles. The van der Waals surface area contributed by atoms with Crippen molar-refractivity contribution in [2.24, 2.45) is 46.3 Å². The molecule has 42 heavy (non-hydrogen) atoms. The average molecular weight is 572 g/mol. The van der Waals surface area contributed by atoms with E-state index in [2.05, 4.69) is 25.8 Å². The topological polar surface area (TPSA) is 78.6 Å². The lowest BCUT2D eigenvalue weighted by molar-refractivity contribution is -0.160. The Bertz CT molecular complexity index is 1510. The van der Waals surface area contributed by atoms with E-state index in [1.807, 2.05) is 18.2 Å². The third-order valence-electron chi connectivity index (χ3n) is 12.5. The van der Waals surface area contributed by atoms with Gasteiger partial charge in [-0.15, -0.1) is 0 Å². The van der Waals surface area contributed by atoms with Gasteiger partial charge in [-0.2, -0.15) is 0 Å². The number of nitrogens with zero attached hydrogens (tertiary/aromatic N) is 1. The zero-order chi connectivity index (χ0) is 29.2. The fourth-order valence-electron chi connectivity index (χ4n) is 10.6. The minimum absolute atomic E-state index is 0.0835. The first kappa shape index (κ1) is 27.9. The van der Waals surface area contributed by atoms with Crippen LogP contribution in [0.5, 0.6) is 5.75 Å². The second-order valence-corrected chi connectivity index (χ2v) is 14.7. The van der Waals surface area contributed by atoms with Crippen LogP contribution in [0.4, 0.5) is 0 Å². The van der Waals surface area contributed by atoms with Crippen molar-refractivity contribution in [2.75, 3.05) is 6.61 Å². The fourth-order valence-corrected chi connectivity index (χ4v) is 10.6. The monoisotopic (exact) mass is 571 g/mol. The maximum absolute atomic E-state index is 11.8. The zero-order valence-corrected chi connectivity index (χ0v) is 25.6. The summed E-state index contributed by atoms with van der Waals surface area (Å²) in [6, 6.07) is 10.5. The molecule has 0 radical (unpaired) electrons. The largest absolute Gasteiger partial charge is 0.493 e. The molecule has 6 heteroatoms. The van der Waals surface area contributed by atoms with Gasteiger partial charge >= 0.3 is 5.97 Å². The minimum Gasteiger partial charge on any atom is -0.493 e. The molecule has 0 saturated heterocycles. The van der Waals surface area contributed by atoms with Crippen LogP contribution in [-0.4, -0.2) is 23.7 Å². The number of benzene rings is 2. The van der Waals surface area contributed by atoms with Crippen molar-refractivity contribution in [2.45, 2.75) is 91.6 Å². The van der Waals surface area contributed by atoms with Crippen LogP contribution in [0.25, 0.3) is 22.6 Å². The van der Waals surface area contributed by atoms with Crippen LogP contribution < -0.4 is 10.2 Å². The zero-order valence-electron chi connectivity index (χ0n) is 25.6. The molecule has 5 aliphatic carbocycles. The molecule has 1 aliphatic heterocycles. The number of fused-ring (bicyclic) bond motifs is 7. The predicted octanol–water partition coefficient (Wildman–Crippen LogP) is 7.90. The van der Waals surface area contributed by atoms with Crippen molar-refractivity contribution < 1.29 is 18.7 Å². The molecule has 7 rings (SSSR count). The smallest absolute Gasteiger partial charge is 0.302 e. The van der Waals surface area contributed by atoms with Gasteiger partial charge in [0.1, 0.15) is 23.1 Å². The van der Waals surface area contributed by atoms with Crippen LogP contribution in [0.2, 0.25) is 0 Å². The molecule has 0 bridgehead atoms. The third-order valence-corrected chi connectivity index (χ3v) is 12.5. The number of carbonyl (C=O) groups excluding carboxylic acids is 1. The minimum atomic E-state index is -0.124. The predicted molar refractivity (Wildman–Crippen MR) is 162 cm³/mol. The number of esters is 1. The van der Waals surface area contributed by atoms with Crippen LogP contribution in [-0.2, 0) is 9.53 Å². The Balaban J connectivity index is 1.03. The van der Waals surface area contributed by atoms with E-state index in [1.165, 1.54) is 57.1 Å². The molecule has 0 spiro atoms. The highest BCUT2D eigenvalue weighted by Crippen LogP contribution is 2.68. The number of hydrogen-bond acceptors (Lipinski definition) is 6. The highest BCUT2D eigenvalue weighted by Gasteiger charge is 2.60. The van der Waals surface area contributed by atoms with Gasteiger partial charge in [-0.05, 0) is 128 Å². The summed E-state index contributed by atoms with van der Waals surface area (Å²) in [5, 5.41) is 0.